The Morgan fingerprint density at radius 3 is 2.21 bits per heavy atom. The zero-order valence-corrected chi connectivity index (χ0v) is 21.5. The van der Waals surface area contributed by atoms with Gasteiger partial charge in [-0.05, 0) is 70.2 Å². The normalized spacial score (nSPS) is 22.3. The van der Waals surface area contributed by atoms with Crippen molar-refractivity contribution < 1.29 is 23.1 Å². The molecule has 0 aromatic rings. The third kappa shape index (κ3) is 9.57. The van der Waals surface area contributed by atoms with Crippen LogP contribution in [0.5, 0.6) is 0 Å². The van der Waals surface area contributed by atoms with Crippen LogP contribution >= 0.6 is 0 Å². The number of ether oxygens (including phenoxy) is 2. The molecule has 2 rings (SSSR count). The molecule has 0 spiro atoms. The first-order valence-corrected chi connectivity index (χ1v) is 18.1. The fourth-order valence-corrected chi connectivity index (χ4v) is 5.52. The largest absolute Gasteiger partial charge is 0.412 e. The zero-order valence-electron chi connectivity index (χ0n) is 19.5. The minimum atomic E-state index is -1.59. The molecule has 1 fully saturated rings. The highest BCUT2D eigenvalue weighted by Crippen LogP contribution is 2.29. The Labute approximate surface area is 179 Å². The molecule has 1 aliphatic carbocycles. The zero-order chi connectivity index (χ0) is 21.5. The summed E-state index contributed by atoms with van der Waals surface area (Å²) in [5.41, 5.74) is 0.989. The summed E-state index contributed by atoms with van der Waals surface area (Å²) in [6, 6.07) is 0. The number of unbranched alkanes of at least 4 members (excludes halogenated alkanes) is 4. The molecule has 1 unspecified atom stereocenters. The van der Waals surface area contributed by atoms with Crippen LogP contribution in [-0.2, 0) is 23.1 Å². The predicted molar refractivity (Wildman–Crippen MR) is 122 cm³/mol. The second kappa shape index (κ2) is 10.8. The smallest absolute Gasteiger partial charge is 0.190 e. The van der Waals surface area contributed by atoms with Gasteiger partial charge in [-0.2, -0.15) is 0 Å². The fourth-order valence-electron chi connectivity index (χ4n) is 3.81. The van der Waals surface area contributed by atoms with E-state index >= 15 is 0 Å². The van der Waals surface area contributed by atoms with Crippen molar-refractivity contribution in [3.8, 4) is 0 Å². The summed E-state index contributed by atoms with van der Waals surface area (Å²) in [5.74, 6) is -0.236. The molecule has 1 atom stereocenters. The topological polar surface area (TPSA) is 54.0 Å². The lowest BCUT2D eigenvalue weighted by Gasteiger charge is -2.30. The first kappa shape index (κ1) is 24.9. The van der Waals surface area contributed by atoms with Crippen molar-refractivity contribution in [3.63, 3.8) is 0 Å². The van der Waals surface area contributed by atoms with E-state index in [2.05, 4.69) is 45.4 Å². The maximum atomic E-state index is 12.2. The average molecular weight is 443 g/mol. The monoisotopic (exact) mass is 442 g/mol. The minimum Gasteiger partial charge on any atom is -0.412 e. The van der Waals surface area contributed by atoms with Crippen LogP contribution in [-0.4, -0.2) is 54.1 Å². The molecule has 5 nitrogen and oxygen atoms in total. The van der Waals surface area contributed by atoms with Gasteiger partial charge in [0.2, 0.25) is 0 Å². The van der Waals surface area contributed by atoms with E-state index in [0.29, 0.717) is 26.2 Å². The van der Waals surface area contributed by atoms with Crippen molar-refractivity contribution in [2.24, 2.45) is 0 Å². The Morgan fingerprint density at radius 2 is 1.59 bits per heavy atom. The summed E-state index contributed by atoms with van der Waals surface area (Å²) >= 11 is 0. The summed E-state index contributed by atoms with van der Waals surface area (Å²) in [7, 11) is -3.17. The maximum Gasteiger partial charge on any atom is 0.190 e. The molecule has 7 heteroatoms. The molecule has 1 heterocycles. The lowest BCUT2D eigenvalue weighted by atomic mass is 10.0. The Kier molecular flexibility index (Phi) is 9.31. The number of allylic oxidation sites excluding steroid dienone is 1. The molecular weight excluding hydrogens is 400 g/mol. The molecule has 168 valence electrons. The number of ketones is 1. The van der Waals surface area contributed by atoms with E-state index in [9.17, 15) is 4.79 Å². The van der Waals surface area contributed by atoms with Crippen LogP contribution < -0.4 is 0 Å². The number of hydrogen-bond acceptors (Lipinski definition) is 5. The van der Waals surface area contributed by atoms with Crippen LogP contribution in [0, 0.1) is 0 Å². The number of carbonyl (C=O) groups is 1. The first-order valence-electron chi connectivity index (χ1n) is 11.3. The average Bonchev–Trinajstić information content (AvgIpc) is 3.18. The van der Waals surface area contributed by atoms with Crippen LogP contribution in [0.25, 0.3) is 0 Å². The van der Waals surface area contributed by atoms with Gasteiger partial charge in [-0.15, -0.1) is 0 Å². The molecule has 0 N–H and O–H groups in total. The number of Topliss-reactive ketones (excluding diaryl/α,β-unsaturated/α-hetero) is 1. The highest BCUT2D eigenvalue weighted by molar-refractivity contribution is 6.70. The number of rotatable bonds is 13. The van der Waals surface area contributed by atoms with Gasteiger partial charge in [-0.3, -0.25) is 4.79 Å². The van der Waals surface area contributed by atoms with E-state index in [-0.39, 0.29) is 11.9 Å². The van der Waals surface area contributed by atoms with Gasteiger partial charge in [-0.1, -0.05) is 19.3 Å². The maximum absolute atomic E-state index is 12.2. The Bertz CT molecular complexity index is 557. The van der Waals surface area contributed by atoms with Gasteiger partial charge in [0.15, 0.2) is 28.2 Å². The Hall–Kier alpha value is -0.316. The van der Waals surface area contributed by atoms with E-state index in [0.717, 1.165) is 44.1 Å². The van der Waals surface area contributed by atoms with E-state index < -0.39 is 22.4 Å². The van der Waals surface area contributed by atoms with Gasteiger partial charge in [0, 0.05) is 12.8 Å². The Balaban J connectivity index is 1.61. The fraction of sp³-hybridized carbons (Fsp3) is 0.864. The van der Waals surface area contributed by atoms with Gasteiger partial charge in [0.1, 0.15) is 0 Å². The van der Waals surface area contributed by atoms with E-state index in [1.807, 2.05) is 0 Å². The van der Waals surface area contributed by atoms with Gasteiger partial charge in [0.25, 0.3) is 0 Å². The summed E-state index contributed by atoms with van der Waals surface area (Å²) < 4.78 is 23.9. The molecule has 1 saturated heterocycles. The third-order valence-electron chi connectivity index (χ3n) is 5.18. The van der Waals surface area contributed by atoms with Crippen LogP contribution in [0.3, 0.4) is 0 Å². The highest BCUT2D eigenvalue weighted by atomic mass is 28.4. The van der Waals surface area contributed by atoms with Crippen LogP contribution in [0.15, 0.2) is 11.6 Å². The lowest BCUT2D eigenvalue weighted by molar-refractivity contribution is -0.183. The highest BCUT2D eigenvalue weighted by Gasteiger charge is 2.37. The van der Waals surface area contributed by atoms with E-state index in [1.54, 1.807) is 0 Å². The van der Waals surface area contributed by atoms with E-state index in [1.165, 1.54) is 6.42 Å². The third-order valence-corrected chi connectivity index (χ3v) is 7.20. The van der Waals surface area contributed by atoms with Gasteiger partial charge in [0.05, 0.1) is 25.9 Å². The number of hydrogen-bond donors (Lipinski definition) is 0. The molecule has 0 saturated carbocycles. The van der Waals surface area contributed by atoms with Crippen LogP contribution in [0.1, 0.15) is 51.4 Å². The van der Waals surface area contributed by atoms with Gasteiger partial charge < -0.3 is 18.3 Å². The second-order valence-corrected chi connectivity index (χ2v) is 19.3. The van der Waals surface area contributed by atoms with Crippen LogP contribution in [0.2, 0.25) is 39.3 Å². The molecular formula is C22H42O5Si2. The van der Waals surface area contributed by atoms with Crippen molar-refractivity contribution in [1.29, 1.82) is 0 Å². The van der Waals surface area contributed by atoms with Crippen LogP contribution in [0.4, 0.5) is 0 Å². The summed E-state index contributed by atoms with van der Waals surface area (Å²) in [6.45, 7) is 15.0. The van der Waals surface area contributed by atoms with E-state index in [4.69, 9.17) is 18.3 Å². The quantitative estimate of drug-likeness (QED) is 0.281. The lowest BCUT2D eigenvalue weighted by Crippen LogP contribution is -2.40. The van der Waals surface area contributed by atoms with Crippen molar-refractivity contribution in [3.05, 3.63) is 11.6 Å². The molecule has 0 radical (unpaired) electrons. The number of carbonyl (C=O) groups excluding carboxylic acids is 1. The van der Waals surface area contributed by atoms with Crippen molar-refractivity contribution in [1.82, 2.24) is 0 Å². The molecule has 1 aliphatic heterocycles. The SMILES string of the molecule is C[Si](C)(C)OCC1(CCCCCCCC2=CC(O[Si](C)(C)C)CC2=O)OCCO1. The predicted octanol–water partition coefficient (Wildman–Crippen LogP) is 5.43. The van der Waals surface area contributed by atoms with Crippen molar-refractivity contribution in [2.45, 2.75) is 103 Å². The standard InChI is InChI=1S/C22H42O5Si2/c1-28(2,3)26-18-22(24-14-15-25-22)13-11-9-7-8-10-12-19-16-20(17-21(19)23)27-29(4,5)6/h16,20H,7-15,17-18H2,1-6H3. The van der Waals surface area contributed by atoms with Crippen molar-refractivity contribution >= 4 is 22.4 Å². The summed E-state index contributed by atoms with van der Waals surface area (Å²) in [6.07, 6.45) is 10.1. The van der Waals surface area contributed by atoms with Crippen molar-refractivity contribution in [2.75, 3.05) is 19.8 Å². The summed E-state index contributed by atoms with van der Waals surface area (Å²) in [5, 5.41) is 0. The minimum absolute atomic E-state index is 0.0187. The molecule has 0 bridgehead atoms. The molecule has 0 amide bonds. The first-order chi connectivity index (χ1) is 13.5. The molecule has 0 aromatic carbocycles. The van der Waals surface area contributed by atoms with Gasteiger partial charge >= 0.3 is 0 Å². The molecule has 2 aliphatic rings. The molecule has 0 aromatic heterocycles. The summed E-state index contributed by atoms with van der Waals surface area (Å²) in [4.78, 5) is 12.2. The molecule has 29 heavy (non-hydrogen) atoms. The van der Waals surface area contributed by atoms with Gasteiger partial charge in [-0.25, -0.2) is 0 Å². The Morgan fingerprint density at radius 1 is 0.966 bits per heavy atom. The second-order valence-electron chi connectivity index (χ2n) is 10.4.